The lowest BCUT2D eigenvalue weighted by molar-refractivity contribution is -0.143. The van der Waals surface area contributed by atoms with E-state index in [-0.39, 0.29) is 18.5 Å². The molecule has 0 saturated carbocycles. The minimum absolute atomic E-state index is 0.0384. The van der Waals surface area contributed by atoms with Crippen LogP contribution in [0.5, 0.6) is 0 Å². The maximum atomic E-state index is 12.4. The van der Waals surface area contributed by atoms with Crippen LogP contribution in [-0.4, -0.2) is 47.4 Å². The van der Waals surface area contributed by atoms with Crippen LogP contribution >= 0.6 is 0 Å². The minimum Gasteiger partial charge on any atom is -0.466 e. The van der Waals surface area contributed by atoms with Gasteiger partial charge in [0, 0.05) is 12.8 Å². The van der Waals surface area contributed by atoms with Crippen LogP contribution in [0.3, 0.4) is 0 Å². The highest BCUT2D eigenvalue weighted by Gasteiger charge is 2.20. The maximum Gasteiger partial charge on any atom is 0.305 e. The second-order valence-electron chi connectivity index (χ2n) is 17.1. The number of hydrogen-bond acceptors (Lipinski definition) is 5. The number of amides is 1. The Morgan fingerprint density at radius 3 is 1.35 bits per heavy atom. The lowest BCUT2D eigenvalue weighted by Gasteiger charge is -2.22. The number of nitrogens with one attached hydrogen (secondary N) is 1. The summed E-state index contributed by atoms with van der Waals surface area (Å²) in [5.74, 6) is -0.102. The van der Waals surface area contributed by atoms with E-state index in [2.05, 4.69) is 43.5 Å². The largest absolute Gasteiger partial charge is 0.466 e. The van der Waals surface area contributed by atoms with Gasteiger partial charge in [-0.2, -0.15) is 0 Å². The molecule has 3 N–H and O–H groups in total. The van der Waals surface area contributed by atoms with Gasteiger partial charge in [0.1, 0.15) is 0 Å². The number of aliphatic hydroxyl groups excluding tert-OH is 2. The third-order valence-electron chi connectivity index (χ3n) is 11.5. The Balaban J connectivity index is 3.51. The molecule has 0 bridgehead atoms. The van der Waals surface area contributed by atoms with Crippen LogP contribution in [0.25, 0.3) is 0 Å². The molecule has 2 atom stereocenters. The number of carbonyl (C=O) groups is 2. The van der Waals surface area contributed by atoms with Crippen molar-refractivity contribution in [2.75, 3.05) is 13.2 Å². The van der Waals surface area contributed by atoms with Crippen LogP contribution in [0, 0.1) is 0 Å². The zero-order valence-corrected chi connectivity index (χ0v) is 38.1. The fourth-order valence-electron chi connectivity index (χ4n) is 7.61. The Kier molecular flexibility index (Phi) is 45.7. The third-order valence-corrected chi connectivity index (χ3v) is 11.5. The zero-order chi connectivity index (χ0) is 41.5. The van der Waals surface area contributed by atoms with Crippen molar-refractivity contribution in [2.24, 2.45) is 0 Å². The molecule has 0 aliphatic heterocycles. The Morgan fingerprint density at radius 2 is 0.877 bits per heavy atom. The summed E-state index contributed by atoms with van der Waals surface area (Å²) in [5.41, 5.74) is 0. The first-order valence-electron chi connectivity index (χ1n) is 25.1. The smallest absolute Gasteiger partial charge is 0.305 e. The van der Waals surface area contributed by atoms with Gasteiger partial charge >= 0.3 is 5.97 Å². The van der Waals surface area contributed by atoms with Crippen molar-refractivity contribution < 1.29 is 24.5 Å². The van der Waals surface area contributed by atoms with Gasteiger partial charge in [0.05, 0.1) is 25.4 Å². The number of aliphatic hydroxyl groups is 2. The van der Waals surface area contributed by atoms with E-state index < -0.39 is 12.1 Å². The van der Waals surface area contributed by atoms with Crippen molar-refractivity contribution in [1.29, 1.82) is 0 Å². The SMILES string of the molecule is CCCCCC/C=C\C/C=C\CCCCCCCC(=O)OCCCCCCCCCCCC(=O)NC(CO)C(O)CCCCCCCCCCCCCCCCC. The third kappa shape index (κ3) is 43.7. The molecular formula is C51H97NO5. The Morgan fingerprint density at radius 1 is 0.491 bits per heavy atom. The number of allylic oxidation sites excluding steroid dienone is 4. The monoisotopic (exact) mass is 804 g/mol. The summed E-state index contributed by atoms with van der Waals surface area (Å²) in [5, 5.41) is 23.2. The van der Waals surface area contributed by atoms with Gasteiger partial charge in [0.15, 0.2) is 0 Å². The summed E-state index contributed by atoms with van der Waals surface area (Å²) in [7, 11) is 0. The van der Waals surface area contributed by atoms with Crippen LogP contribution in [-0.2, 0) is 14.3 Å². The van der Waals surface area contributed by atoms with Crippen LogP contribution in [0.1, 0.15) is 264 Å². The van der Waals surface area contributed by atoms with Gasteiger partial charge in [-0.05, 0) is 57.8 Å². The molecule has 1 amide bonds. The van der Waals surface area contributed by atoms with Crippen molar-refractivity contribution in [1.82, 2.24) is 5.32 Å². The normalized spacial score (nSPS) is 12.8. The lowest BCUT2D eigenvalue weighted by atomic mass is 10.0. The second kappa shape index (κ2) is 47.0. The average Bonchev–Trinajstić information content (AvgIpc) is 3.21. The van der Waals surface area contributed by atoms with Crippen LogP contribution in [0.15, 0.2) is 24.3 Å². The summed E-state index contributed by atoms with van der Waals surface area (Å²) in [6.07, 6.45) is 54.2. The maximum absolute atomic E-state index is 12.4. The number of esters is 1. The van der Waals surface area contributed by atoms with Gasteiger partial charge in [-0.3, -0.25) is 9.59 Å². The Labute approximate surface area is 354 Å². The van der Waals surface area contributed by atoms with E-state index in [1.165, 1.54) is 161 Å². The molecule has 0 saturated heterocycles. The van der Waals surface area contributed by atoms with E-state index >= 15 is 0 Å². The molecule has 0 fully saturated rings. The van der Waals surface area contributed by atoms with E-state index in [0.29, 0.717) is 25.9 Å². The molecule has 0 aliphatic carbocycles. The minimum atomic E-state index is -0.682. The first-order chi connectivity index (χ1) is 28.0. The number of hydrogen-bond donors (Lipinski definition) is 3. The molecule has 2 unspecified atom stereocenters. The van der Waals surface area contributed by atoms with Gasteiger partial charge in [-0.15, -0.1) is 0 Å². The van der Waals surface area contributed by atoms with Crippen LogP contribution in [0.2, 0.25) is 0 Å². The summed E-state index contributed by atoms with van der Waals surface area (Å²) < 4.78 is 5.44. The lowest BCUT2D eigenvalue weighted by Crippen LogP contribution is -2.45. The first kappa shape index (κ1) is 55.3. The number of carbonyl (C=O) groups excluding carboxylic acids is 2. The summed E-state index contributed by atoms with van der Waals surface area (Å²) in [4.78, 5) is 24.5. The Hall–Kier alpha value is -1.66. The fourth-order valence-corrected chi connectivity index (χ4v) is 7.61. The predicted octanol–water partition coefficient (Wildman–Crippen LogP) is 14.7. The van der Waals surface area contributed by atoms with E-state index in [1.54, 1.807) is 0 Å². The topological polar surface area (TPSA) is 95.9 Å². The zero-order valence-electron chi connectivity index (χ0n) is 38.1. The van der Waals surface area contributed by atoms with E-state index in [1.807, 2.05) is 0 Å². The van der Waals surface area contributed by atoms with Crippen LogP contribution in [0.4, 0.5) is 0 Å². The highest BCUT2D eigenvalue weighted by atomic mass is 16.5. The van der Waals surface area contributed by atoms with Crippen molar-refractivity contribution in [3.63, 3.8) is 0 Å². The average molecular weight is 804 g/mol. The first-order valence-corrected chi connectivity index (χ1v) is 25.1. The van der Waals surface area contributed by atoms with Crippen molar-refractivity contribution in [3.8, 4) is 0 Å². The van der Waals surface area contributed by atoms with E-state index in [9.17, 15) is 19.8 Å². The summed E-state index contributed by atoms with van der Waals surface area (Å²) in [6.45, 7) is 4.86. The number of rotatable bonds is 46. The molecule has 6 nitrogen and oxygen atoms in total. The molecule has 0 spiro atoms. The van der Waals surface area contributed by atoms with Gasteiger partial charge < -0.3 is 20.3 Å². The highest BCUT2D eigenvalue weighted by Crippen LogP contribution is 2.16. The van der Waals surface area contributed by atoms with Crippen LogP contribution < -0.4 is 5.32 Å². The molecule has 57 heavy (non-hydrogen) atoms. The molecule has 0 rings (SSSR count). The van der Waals surface area contributed by atoms with E-state index in [4.69, 9.17) is 4.74 Å². The molecule has 0 aliphatic rings. The molecule has 6 heteroatoms. The molecule has 0 heterocycles. The molecule has 0 aromatic heterocycles. The van der Waals surface area contributed by atoms with Gasteiger partial charge in [0.2, 0.25) is 5.91 Å². The molecule has 0 aromatic carbocycles. The Bertz CT molecular complexity index is 889. The molecular weight excluding hydrogens is 707 g/mol. The number of ether oxygens (including phenoxy) is 1. The number of unbranched alkanes of at least 4 members (excludes halogenated alkanes) is 31. The molecule has 0 aromatic rings. The fraction of sp³-hybridized carbons (Fsp3) is 0.882. The summed E-state index contributed by atoms with van der Waals surface area (Å²) in [6, 6.07) is -0.562. The quantitative estimate of drug-likeness (QED) is 0.0324. The van der Waals surface area contributed by atoms with Crippen molar-refractivity contribution in [3.05, 3.63) is 24.3 Å². The summed E-state index contributed by atoms with van der Waals surface area (Å²) >= 11 is 0. The van der Waals surface area contributed by atoms with Gasteiger partial charge in [0.25, 0.3) is 0 Å². The van der Waals surface area contributed by atoms with Gasteiger partial charge in [-0.25, -0.2) is 0 Å². The highest BCUT2D eigenvalue weighted by molar-refractivity contribution is 5.76. The van der Waals surface area contributed by atoms with Crippen molar-refractivity contribution >= 4 is 11.9 Å². The van der Waals surface area contributed by atoms with Crippen molar-refractivity contribution in [2.45, 2.75) is 276 Å². The molecule has 0 radical (unpaired) electrons. The molecule has 336 valence electrons. The second-order valence-corrected chi connectivity index (χ2v) is 17.1. The predicted molar refractivity (Wildman–Crippen MR) is 246 cm³/mol. The van der Waals surface area contributed by atoms with E-state index in [0.717, 1.165) is 70.6 Å². The van der Waals surface area contributed by atoms with Gasteiger partial charge in [-0.1, -0.05) is 218 Å². The standard InChI is InChI=1S/C51H97NO5/c1-3-5-7-9-11-13-15-17-19-21-23-25-29-33-37-41-45-51(56)57-46-42-38-34-30-26-28-32-36-40-44-50(55)52-48(47-53)49(54)43-39-35-31-27-24-22-20-18-16-14-12-10-8-6-4-2/h13,15,19,21,48-49,53-54H,3-12,14,16-18,20,22-47H2,1-2H3,(H,52,55)/b15-13-,21-19-.